The van der Waals surface area contributed by atoms with Gasteiger partial charge in [0.05, 0.1) is 29.7 Å². The molecule has 3 heterocycles. The normalized spacial score (nSPS) is 16.5. The number of carbonyl (C=O) groups excluding carboxylic acids is 3. The second-order valence-electron chi connectivity index (χ2n) is 11.1. The molecule has 1 fully saturated rings. The molecule has 2 aromatic heterocycles. The average Bonchev–Trinajstić information content (AvgIpc) is 3.57. The second kappa shape index (κ2) is 14.3. The molecule has 0 bridgehead atoms. The molecule has 2 amide bonds. The fourth-order valence-corrected chi connectivity index (χ4v) is 5.76. The lowest BCUT2D eigenvalue weighted by Crippen LogP contribution is -2.46. The third-order valence-corrected chi connectivity index (χ3v) is 8.23. The van der Waals surface area contributed by atoms with Crippen LogP contribution in [0.4, 0.5) is 13.6 Å². The minimum atomic E-state index is -1.91. The number of halogens is 6. The Bertz CT molecular complexity index is 1820. The smallest absolute Gasteiger partial charge is 0.410 e. The van der Waals surface area contributed by atoms with Crippen molar-refractivity contribution in [2.75, 3.05) is 19.7 Å². The van der Waals surface area contributed by atoms with Gasteiger partial charge in [-0.05, 0) is 30.7 Å². The molecule has 47 heavy (non-hydrogen) atoms. The predicted molar refractivity (Wildman–Crippen MR) is 174 cm³/mol. The van der Waals surface area contributed by atoms with Gasteiger partial charge in [-0.1, -0.05) is 64.6 Å². The maximum atomic E-state index is 14.9. The Balaban J connectivity index is 1.40. The first-order valence-electron chi connectivity index (χ1n) is 14.4. The largest absolute Gasteiger partial charge is 0.445 e. The minimum Gasteiger partial charge on any atom is -0.445 e. The van der Waals surface area contributed by atoms with Gasteiger partial charge in [-0.25, -0.2) is 23.5 Å². The number of amides is 2. The Kier molecular flexibility index (Phi) is 10.5. The summed E-state index contributed by atoms with van der Waals surface area (Å²) in [6.07, 6.45) is 0.877. The van der Waals surface area contributed by atoms with Gasteiger partial charge in [0.1, 0.15) is 36.7 Å². The number of ketones is 1. The Morgan fingerprint density at radius 1 is 1.11 bits per heavy atom. The fourth-order valence-electron chi connectivity index (χ4n) is 5.41. The first-order valence-corrected chi connectivity index (χ1v) is 15.9. The summed E-state index contributed by atoms with van der Waals surface area (Å²) in [4.78, 5) is 50.2. The Labute approximate surface area is 288 Å². The molecule has 1 aliphatic heterocycles. The molecule has 0 unspecified atom stereocenters. The van der Waals surface area contributed by atoms with Gasteiger partial charge in [0.15, 0.2) is 5.78 Å². The number of carbonyl (C=O) groups is 3. The highest BCUT2D eigenvalue weighted by molar-refractivity contribution is 6.67. The lowest BCUT2D eigenvalue weighted by molar-refractivity contribution is -0.133. The van der Waals surface area contributed by atoms with Crippen LogP contribution in [0.25, 0.3) is 22.0 Å². The number of aromatic nitrogens is 4. The number of benzene rings is 2. The van der Waals surface area contributed by atoms with Gasteiger partial charge in [-0.3, -0.25) is 14.3 Å². The maximum absolute atomic E-state index is 14.9. The van der Waals surface area contributed by atoms with Gasteiger partial charge in [0.25, 0.3) is 0 Å². The molecule has 0 saturated carbocycles. The number of hydrogen-bond donors (Lipinski definition) is 0. The third kappa shape index (κ3) is 8.29. The van der Waals surface area contributed by atoms with E-state index in [-0.39, 0.29) is 54.7 Å². The highest BCUT2D eigenvalue weighted by Gasteiger charge is 2.38. The summed E-state index contributed by atoms with van der Waals surface area (Å²) in [5.41, 5.74) is 2.23. The number of Topliss-reactive ketones (excluding diaryl/α,β-unsaturated/α-hetero) is 1. The molecule has 248 valence electrons. The van der Waals surface area contributed by atoms with Gasteiger partial charge in [-0.15, -0.1) is 0 Å². The molecule has 2 aromatic carbocycles. The van der Waals surface area contributed by atoms with Crippen LogP contribution in [-0.4, -0.2) is 83.0 Å². The van der Waals surface area contributed by atoms with E-state index in [0.29, 0.717) is 16.7 Å². The van der Waals surface area contributed by atoms with Crippen molar-refractivity contribution in [3.63, 3.8) is 0 Å². The van der Waals surface area contributed by atoms with E-state index >= 15 is 0 Å². The number of aryl methyl sites for hydroxylation is 1. The molecule has 0 aliphatic carbocycles. The van der Waals surface area contributed by atoms with Gasteiger partial charge in [0, 0.05) is 48.8 Å². The van der Waals surface area contributed by atoms with Crippen LogP contribution < -0.4 is 0 Å². The molecule has 0 N–H and O–H groups in total. The summed E-state index contributed by atoms with van der Waals surface area (Å²) in [7, 11) is 0. The summed E-state index contributed by atoms with van der Waals surface area (Å²) in [5.74, 6) is -0.949. The Hall–Kier alpha value is -3.58. The van der Waals surface area contributed by atoms with E-state index in [0.717, 1.165) is 16.0 Å². The van der Waals surface area contributed by atoms with Crippen LogP contribution in [0.2, 0.25) is 5.02 Å². The standard InChI is InChI=1S/C31H28Cl4F2N6O4/c1-17(44)29-24-8-19(21-10-38-18(2)39-11-21)6-7-26(24)43(40-29)15-27(45)42-13-22(36)9-23(42)14-41(30(46)47-16-31(33,34)35)12-20-4-3-5-25(32)28(20)37/h3-8,10-11,22-23H,9,12-16H2,1-2H3/t22-,23+/m1/s1. The van der Waals surface area contributed by atoms with Crippen molar-refractivity contribution in [2.24, 2.45) is 0 Å². The Morgan fingerprint density at radius 3 is 2.51 bits per heavy atom. The molecule has 1 saturated heterocycles. The minimum absolute atomic E-state index is 0.0624. The van der Waals surface area contributed by atoms with E-state index in [1.165, 1.54) is 34.7 Å². The van der Waals surface area contributed by atoms with Crippen LogP contribution in [0, 0.1) is 12.7 Å². The quantitative estimate of drug-likeness (QED) is 0.139. The molecule has 4 aromatic rings. The van der Waals surface area contributed by atoms with Crippen molar-refractivity contribution in [3.05, 3.63) is 76.7 Å². The van der Waals surface area contributed by atoms with E-state index in [2.05, 4.69) is 15.1 Å². The highest BCUT2D eigenvalue weighted by atomic mass is 35.6. The topological polar surface area (TPSA) is 111 Å². The van der Waals surface area contributed by atoms with Crippen molar-refractivity contribution in [2.45, 2.75) is 49.4 Å². The monoisotopic (exact) mass is 726 g/mol. The van der Waals surface area contributed by atoms with Crippen LogP contribution in [0.3, 0.4) is 0 Å². The number of fused-ring (bicyclic) bond motifs is 1. The zero-order valence-electron chi connectivity index (χ0n) is 25.1. The van der Waals surface area contributed by atoms with E-state index in [1.54, 1.807) is 37.5 Å². The Morgan fingerprint density at radius 2 is 1.83 bits per heavy atom. The first-order chi connectivity index (χ1) is 22.2. The number of ether oxygens (including phenoxy) is 1. The fraction of sp³-hybridized carbons (Fsp3) is 0.355. The van der Waals surface area contributed by atoms with Crippen LogP contribution in [-0.2, 0) is 22.6 Å². The van der Waals surface area contributed by atoms with E-state index < -0.39 is 40.4 Å². The van der Waals surface area contributed by atoms with Crippen molar-refractivity contribution in [1.82, 2.24) is 29.5 Å². The van der Waals surface area contributed by atoms with Crippen molar-refractivity contribution in [1.29, 1.82) is 0 Å². The molecule has 2 atom stereocenters. The lowest BCUT2D eigenvalue weighted by atomic mass is 10.0. The zero-order chi connectivity index (χ0) is 34.0. The van der Waals surface area contributed by atoms with Crippen molar-refractivity contribution >= 4 is 75.1 Å². The van der Waals surface area contributed by atoms with E-state index in [9.17, 15) is 23.2 Å². The highest BCUT2D eigenvalue weighted by Crippen LogP contribution is 2.30. The molecular weight excluding hydrogens is 700 g/mol. The number of hydrogen-bond acceptors (Lipinski definition) is 7. The maximum Gasteiger partial charge on any atom is 0.410 e. The summed E-state index contributed by atoms with van der Waals surface area (Å²) < 4.78 is 34.3. The molecule has 0 spiro atoms. The van der Waals surface area contributed by atoms with Gasteiger partial charge in [0.2, 0.25) is 9.70 Å². The van der Waals surface area contributed by atoms with Crippen molar-refractivity contribution < 1.29 is 27.9 Å². The summed E-state index contributed by atoms with van der Waals surface area (Å²) in [5, 5.41) is 4.79. The van der Waals surface area contributed by atoms with Crippen LogP contribution in [0.1, 0.15) is 35.2 Å². The number of rotatable bonds is 9. The van der Waals surface area contributed by atoms with Gasteiger partial charge < -0.3 is 14.5 Å². The lowest BCUT2D eigenvalue weighted by Gasteiger charge is -2.31. The number of alkyl halides is 4. The summed E-state index contributed by atoms with van der Waals surface area (Å²) in [6.45, 7) is 1.43. The molecular formula is C31H28Cl4F2N6O4. The van der Waals surface area contributed by atoms with Crippen LogP contribution >= 0.6 is 46.4 Å². The average molecular weight is 728 g/mol. The SMILES string of the molecule is CC(=O)c1nn(CC(=O)N2C[C@H](F)C[C@H]2CN(Cc2cccc(Cl)c2F)C(=O)OCC(Cl)(Cl)Cl)c2ccc(-c3cnc(C)nc3)cc12. The molecule has 0 radical (unpaired) electrons. The van der Waals surface area contributed by atoms with Crippen molar-refractivity contribution in [3.8, 4) is 11.1 Å². The molecule has 1 aliphatic rings. The van der Waals surface area contributed by atoms with Gasteiger partial charge >= 0.3 is 6.09 Å². The number of nitrogens with zero attached hydrogens (tertiary/aromatic N) is 6. The van der Waals surface area contributed by atoms with E-state index in [1.807, 2.05) is 0 Å². The summed E-state index contributed by atoms with van der Waals surface area (Å²) >= 11 is 23.2. The molecule has 10 nitrogen and oxygen atoms in total. The second-order valence-corrected chi connectivity index (χ2v) is 14.0. The number of likely N-dealkylation sites (tertiary alicyclic amines) is 1. The first kappa shape index (κ1) is 34.7. The molecule has 5 rings (SSSR count). The predicted octanol–water partition coefficient (Wildman–Crippen LogP) is 6.74. The van der Waals surface area contributed by atoms with Crippen LogP contribution in [0.15, 0.2) is 48.8 Å². The summed E-state index contributed by atoms with van der Waals surface area (Å²) in [6, 6.07) is 8.79. The van der Waals surface area contributed by atoms with E-state index in [4.69, 9.17) is 51.1 Å². The van der Waals surface area contributed by atoms with Gasteiger partial charge in [-0.2, -0.15) is 5.10 Å². The zero-order valence-corrected chi connectivity index (χ0v) is 28.1. The molecule has 16 heteroatoms. The van der Waals surface area contributed by atoms with Crippen LogP contribution in [0.5, 0.6) is 0 Å². The third-order valence-electron chi connectivity index (χ3n) is 7.61.